The number of methoxy groups -OCH3 is 1. The molecule has 12 heteroatoms. The second kappa shape index (κ2) is 10.5. The molecule has 47 heavy (non-hydrogen) atoms. The summed E-state index contributed by atoms with van der Waals surface area (Å²) in [6.45, 7) is 6.20. The normalized spacial score (nSPS) is 24.9. The van der Waals surface area contributed by atoms with Gasteiger partial charge >= 0.3 is 0 Å². The summed E-state index contributed by atoms with van der Waals surface area (Å²) in [5, 5.41) is 3.86. The SMILES string of the molecule is COc1cc(C(=O)N2[C@H]3CC[C@@H]2[C@H](N)C3)cc2nc(-c3cc4ccc([C@@H](C)NC(=O)C5(C)CC(F)(F)C5)nc4n3CC3CC3)c(C)n12. The Morgan fingerprint density at radius 1 is 1.13 bits per heavy atom. The van der Waals surface area contributed by atoms with Gasteiger partial charge in [0.25, 0.3) is 5.91 Å². The van der Waals surface area contributed by atoms with E-state index in [-0.39, 0.29) is 29.9 Å². The summed E-state index contributed by atoms with van der Waals surface area (Å²) in [5.41, 5.74) is 10.4. The zero-order chi connectivity index (χ0) is 33.0. The molecule has 8 rings (SSSR count). The molecule has 0 unspecified atom stereocenters. The van der Waals surface area contributed by atoms with Crippen molar-refractivity contribution in [1.82, 2.24) is 29.2 Å². The van der Waals surface area contributed by atoms with E-state index >= 15 is 0 Å². The monoisotopic (exact) mass is 645 g/mol. The number of amides is 2. The van der Waals surface area contributed by atoms with Gasteiger partial charge in [-0.15, -0.1) is 0 Å². The maximum absolute atomic E-state index is 13.8. The molecular formula is C35H41F2N7O3. The Morgan fingerprint density at radius 3 is 2.53 bits per heavy atom. The van der Waals surface area contributed by atoms with Crippen LogP contribution in [-0.2, 0) is 11.3 Å². The first-order chi connectivity index (χ1) is 22.4. The fourth-order valence-corrected chi connectivity index (χ4v) is 8.31. The number of halogens is 2. The Hall–Kier alpha value is -4.06. The molecule has 2 bridgehead atoms. The number of nitrogens with one attached hydrogen (secondary N) is 1. The molecule has 4 atom stereocenters. The van der Waals surface area contributed by atoms with Gasteiger partial charge in [-0.3, -0.25) is 14.0 Å². The Balaban J connectivity index is 1.15. The number of carbonyl (C=O) groups excluding carboxylic acids is 2. The van der Waals surface area contributed by atoms with Crippen LogP contribution < -0.4 is 15.8 Å². The number of aromatic nitrogens is 4. The zero-order valence-corrected chi connectivity index (χ0v) is 27.2. The largest absolute Gasteiger partial charge is 0.482 e. The number of pyridine rings is 2. The van der Waals surface area contributed by atoms with E-state index in [0.717, 1.165) is 66.8 Å². The Labute approximate surface area is 271 Å². The van der Waals surface area contributed by atoms with Crippen LogP contribution in [0.15, 0.2) is 30.3 Å². The molecule has 248 valence electrons. The molecule has 4 aliphatic rings. The average Bonchev–Trinajstić information content (AvgIpc) is 3.34. The minimum absolute atomic E-state index is 0.0180. The first-order valence-electron chi connectivity index (χ1n) is 16.7. The van der Waals surface area contributed by atoms with Crippen LogP contribution in [0.4, 0.5) is 8.78 Å². The number of ether oxygens (including phenoxy) is 1. The minimum atomic E-state index is -2.79. The fourth-order valence-electron chi connectivity index (χ4n) is 8.31. The lowest BCUT2D eigenvalue weighted by molar-refractivity contribution is -0.175. The molecule has 3 N–H and O–H groups in total. The van der Waals surface area contributed by atoms with Gasteiger partial charge in [0.1, 0.15) is 17.0 Å². The number of imidazole rings is 1. The van der Waals surface area contributed by atoms with Crippen LogP contribution in [0.1, 0.15) is 86.6 Å². The standard InChI is InChI=1S/C35H41F2N7O3/c1-18(39-33(46)34(3)16-35(36,37)17-34)25-9-7-21-11-27(42(31(21)40-25)15-20-5-6-20)30-19(2)43-28(41-30)12-22(13-29(43)47-4)32(45)44-23-8-10-26(44)24(38)14-23/h7,9,11-13,18,20,23-24,26H,5-6,8,10,14-17,38H2,1-4H3,(H,39,46)/t18-,23+,24-,26-/m1/s1. The predicted molar refractivity (Wildman–Crippen MR) is 172 cm³/mol. The van der Waals surface area contributed by atoms with E-state index in [9.17, 15) is 18.4 Å². The number of rotatable bonds is 8. The highest BCUT2D eigenvalue weighted by Gasteiger charge is 2.58. The van der Waals surface area contributed by atoms with E-state index in [0.29, 0.717) is 28.7 Å². The highest BCUT2D eigenvalue weighted by atomic mass is 19.3. The summed E-state index contributed by atoms with van der Waals surface area (Å²) >= 11 is 0. The number of hydrogen-bond donors (Lipinski definition) is 2. The van der Waals surface area contributed by atoms with E-state index in [1.54, 1.807) is 20.1 Å². The molecule has 6 heterocycles. The minimum Gasteiger partial charge on any atom is -0.482 e. The highest BCUT2D eigenvalue weighted by molar-refractivity contribution is 5.97. The highest BCUT2D eigenvalue weighted by Crippen LogP contribution is 2.52. The maximum atomic E-state index is 13.8. The van der Waals surface area contributed by atoms with Gasteiger partial charge in [0, 0.05) is 54.5 Å². The summed E-state index contributed by atoms with van der Waals surface area (Å²) in [4.78, 5) is 38.8. The molecule has 0 spiro atoms. The number of hydrogen-bond acceptors (Lipinski definition) is 6. The Bertz CT molecular complexity index is 1940. The molecule has 2 aliphatic carbocycles. The van der Waals surface area contributed by atoms with Crippen molar-refractivity contribution in [2.24, 2.45) is 17.1 Å². The van der Waals surface area contributed by atoms with Gasteiger partial charge < -0.3 is 25.3 Å². The van der Waals surface area contributed by atoms with Crippen LogP contribution in [0.2, 0.25) is 0 Å². The number of nitrogens with two attached hydrogens (primary N) is 1. The summed E-state index contributed by atoms with van der Waals surface area (Å²) in [6, 6.07) is 9.42. The third kappa shape index (κ3) is 4.89. The topological polar surface area (TPSA) is 120 Å². The lowest BCUT2D eigenvalue weighted by atomic mass is 9.67. The molecule has 0 aromatic carbocycles. The number of nitrogens with zero attached hydrogens (tertiary/aromatic N) is 5. The van der Waals surface area contributed by atoms with Crippen molar-refractivity contribution < 1.29 is 23.1 Å². The second-order valence-corrected chi connectivity index (χ2v) is 14.6. The number of carbonyl (C=O) groups is 2. The first-order valence-corrected chi connectivity index (χ1v) is 16.7. The first kappa shape index (κ1) is 30.3. The van der Waals surface area contributed by atoms with Crippen LogP contribution >= 0.6 is 0 Å². The molecular weight excluding hydrogens is 604 g/mol. The number of alkyl halides is 2. The van der Waals surface area contributed by atoms with Crippen molar-refractivity contribution in [3.05, 3.63) is 47.3 Å². The van der Waals surface area contributed by atoms with Crippen LogP contribution in [0.3, 0.4) is 0 Å². The number of fused-ring (bicyclic) bond motifs is 4. The smallest absolute Gasteiger partial charge is 0.254 e. The van der Waals surface area contributed by atoms with Crippen molar-refractivity contribution in [3.8, 4) is 17.3 Å². The van der Waals surface area contributed by atoms with Gasteiger partial charge in [-0.2, -0.15) is 0 Å². The molecule has 2 saturated carbocycles. The van der Waals surface area contributed by atoms with Crippen LogP contribution in [0.5, 0.6) is 5.88 Å². The lowest BCUT2D eigenvalue weighted by Gasteiger charge is -2.43. The van der Waals surface area contributed by atoms with Gasteiger partial charge in [0.05, 0.1) is 35.6 Å². The fraction of sp³-hybridized carbons (Fsp3) is 0.543. The van der Waals surface area contributed by atoms with E-state index in [2.05, 4.69) is 16.0 Å². The van der Waals surface area contributed by atoms with E-state index < -0.39 is 30.2 Å². The van der Waals surface area contributed by atoms with E-state index in [4.69, 9.17) is 20.4 Å². The van der Waals surface area contributed by atoms with Crippen molar-refractivity contribution in [2.45, 2.75) is 102 Å². The zero-order valence-electron chi connectivity index (χ0n) is 27.2. The third-order valence-electron chi connectivity index (χ3n) is 11.0. The third-order valence-corrected chi connectivity index (χ3v) is 11.0. The molecule has 10 nitrogen and oxygen atoms in total. The molecule has 2 saturated heterocycles. The summed E-state index contributed by atoms with van der Waals surface area (Å²) in [6.07, 6.45) is 4.16. The van der Waals surface area contributed by atoms with E-state index in [1.807, 2.05) is 41.3 Å². The van der Waals surface area contributed by atoms with Crippen LogP contribution in [0, 0.1) is 18.3 Å². The van der Waals surface area contributed by atoms with Crippen molar-refractivity contribution in [2.75, 3.05) is 7.11 Å². The second-order valence-electron chi connectivity index (χ2n) is 14.6. The number of aryl methyl sites for hydroxylation is 1. The van der Waals surface area contributed by atoms with Crippen molar-refractivity contribution in [3.63, 3.8) is 0 Å². The molecule has 4 fully saturated rings. The molecule has 4 aromatic rings. The van der Waals surface area contributed by atoms with E-state index in [1.165, 1.54) is 0 Å². The summed E-state index contributed by atoms with van der Waals surface area (Å²) < 4.78 is 37.2. The van der Waals surface area contributed by atoms with Gasteiger partial charge in [-0.05, 0) is 76.1 Å². The predicted octanol–water partition coefficient (Wildman–Crippen LogP) is 5.39. The van der Waals surface area contributed by atoms with Gasteiger partial charge in [-0.25, -0.2) is 18.7 Å². The van der Waals surface area contributed by atoms with Gasteiger partial charge in [0.15, 0.2) is 5.88 Å². The quantitative estimate of drug-likeness (QED) is 0.265. The molecule has 4 aromatic heterocycles. The van der Waals surface area contributed by atoms with Crippen molar-refractivity contribution >= 4 is 28.5 Å². The molecule has 2 aliphatic heterocycles. The maximum Gasteiger partial charge on any atom is 0.254 e. The van der Waals surface area contributed by atoms with Gasteiger partial charge in [0.2, 0.25) is 11.8 Å². The van der Waals surface area contributed by atoms with Crippen molar-refractivity contribution in [1.29, 1.82) is 0 Å². The molecule has 2 amide bonds. The lowest BCUT2D eigenvalue weighted by Crippen LogP contribution is -2.53. The Kier molecular flexibility index (Phi) is 6.75. The average molecular weight is 646 g/mol. The molecule has 0 radical (unpaired) electrons. The van der Waals surface area contributed by atoms with Gasteiger partial charge in [-0.1, -0.05) is 6.92 Å². The van der Waals surface area contributed by atoms with Crippen LogP contribution in [-0.4, -0.2) is 66.8 Å². The van der Waals surface area contributed by atoms with Crippen LogP contribution in [0.25, 0.3) is 28.1 Å². The Morgan fingerprint density at radius 2 is 1.89 bits per heavy atom. The summed E-state index contributed by atoms with van der Waals surface area (Å²) in [7, 11) is 1.60. The summed E-state index contributed by atoms with van der Waals surface area (Å²) in [5.74, 6) is -2.13.